The maximum absolute atomic E-state index is 10.1. The number of hydrogen-bond donors (Lipinski definition) is 2. The van der Waals surface area contributed by atoms with Crippen molar-refractivity contribution in [1.82, 2.24) is 4.98 Å². The van der Waals surface area contributed by atoms with E-state index in [0.717, 1.165) is 33.3 Å². The van der Waals surface area contributed by atoms with E-state index in [1.165, 1.54) is 0 Å². The normalized spacial score (nSPS) is 10.9. The van der Waals surface area contributed by atoms with Crippen molar-refractivity contribution in [3.8, 4) is 33.9 Å². The van der Waals surface area contributed by atoms with Gasteiger partial charge in [-0.25, -0.2) is 4.98 Å². The number of benzene rings is 3. The Morgan fingerprint density at radius 2 is 1.48 bits per heavy atom. The third-order valence-electron chi connectivity index (χ3n) is 4.14. The molecule has 0 spiro atoms. The van der Waals surface area contributed by atoms with Gasteiger partial charge in [-0.2, -0.15) is 0 Å². The Labute approximate surface area is 149 Å². The van der Waals surface area contributed by atoms with E-state index in [-0.39, 0.29) is 11.5 Å². The van der Waals surface area contributed by atoms with E-state index in [1.807, 2.05) is 36.4 Å². The van der Waals surface area contributed by atoms with Gasteiger partial charge >= 0.3 is 0 Å². The van der Waals surface area contributed by atoms with Crippen LogP contribution in [0.4, 0.5) is 0 Å². The van der Waals surface area contributed by atoms with Crippen molar-refractivity contribution in [1.29, 1.82) is 0 Å². The van der Waals surface area contributed by atoms with E-state index in [4.69, 9.17) is 11.6 Å². The molecule has 0 bridgehead atoms. The van der Waals surface area contributed by atoms with Crippen LogP contribution in [0.1, 0.15) is 0 Å². The minimum atomic E-state index is 0.211. The van der Waals surface area contributed by atoms with Crippen molar-refractivity contribution >= 4 is 22.5 Å². The minimum absolute atomic E-state index is 0.211. The van der Waals surface area contributed by atoms with Gasteiger partial charge in [0.1, 0.15) is 11.5 Å². The van der Waals surface area contributed by atoms with Crippen molar-refractivity contribution < 1.29 is 10.2 Å². The molecule has 0 aliphatic heterocycles. The Hall–Kier alpha value is -3.04. The number of phenols is 2. The third kappa shape index (κ3) is 2.90. The van der Waals surface area contributed by atoms with E-state index in [9.17, 15) is 10.2 Å². The Morgan fingerprint density at radius 1 is 0.760 bits per heavy atom. The highest BCUT2D eigenvalue weighted by atomic mass is 35.5. The van der Waals surface area contributed by atoms with Crippen molar-refractivity contribution in [3.63, 3.8) is 0 Å². The molecule has 0 saturated heterocycles. The summed E-state index contributed by atoms with van der Waals surface area (Å²) in [7, 11) is 0. The summed E-state index contributed by atoms with van der Waals surface area (Å²) in [6.45, 7) is 0. The van der Waals surface area contributed by atoms with Gasteiger partial charge in [0.25, 0.3) is 0 Å². The molecular weight excluding hydrogens is 334 g/mol. The maximum Gasteiger partial charge on any atom is 0.123 e. The molecule has 0 unspecified atom stereocenters. The summed E-state index contributed by atoms with van der Waals surface area (Å²) < 4.78 is 0. The number of fused-ring (bicyclic) bond motifs is 1. The van der Waals surface area contributed by atoms with Gasteiger partial charge in [-0.15, -0.1) is 0 Å². The first-order valence-corrected chi connectivity index (χ1v) is 8.18. The molecule has 0 fully saturated rings. The van der Waals surface area contributed by atoms with Crippen LogP contribution in [-0.4, -0.2) is 15.2 Å². The first-order valence-electron chi connectivity index (χ1n) is 7.80. The number of aromatic hydroxyl groups is 2. The predicted molar refractivity (Wildman–Crippen MR) is 101 cm³/mol. The van der Waals surface area contributed by atoms with E-state index >= 15 is 0 Å². The summed E-state index contributed by atoms with van der Waals surface area (Å²) in [5, 5.41) is 20.9. The van der Waals surface area contributed by atoms with Crippen LogP contribution in [0.2, 0.25) is 5.02 Å². The summed E-state index contributed by atoms with van der Waals surface area (Å²) >= 11 is 6.49. The van der Waals surface area contributed by atoms with Gasteiger partial charge in [-0.05, 0) is 54.1 Å². The lowest BCUT2D eigenvalue weighted by molar-refractivity contribution is 0.475. The van der Waals surface area contributed by atoms with Crippen molar-refractivity contribution in [2.75, 3.05) is 0 Å². The molecule has 3 nitrogen and oxygen atoms in total. The summed E-state index contributed by atoms with van der Waals surface area (Å²) in [5.74, 6) is 0.439. The molecule has 0 aliphatic rings. The molecule has 122 valence electrons. The molecule has 4 rings (SSSR count). The average Bonchev–Trinajstić information content (AvgIpc) is 2.62. The van der Waals surface area contributed by atoms with Crippen molar-refractivity contribution in [3.05, 3.63) is 77.8 Å². The molecule has 0 atom stereocenters. The summed E-state index contributed by atoms with van der Waals surface area (Å²) in [6.07, 6.45) is 0. The number of rotatable bonds is 2. The van der Waals surface area contributed by atoms with Gasteiger partial charge in [0.15, 0.2) is 0 Å². The lowest BCUT2D eigenvalue weighted by Crippen LogP contribution is -1.88. The monoisotopic (exact) mass is 347 g/mol. The van der Waals surface area contributed by atoms with Crippen LogP contribution < -0.4 is 0 Å². The van der Waals surface area contributed by atoms with Crippen molar-refractivity contribution in [2.24, 2.45) is 0 Å². The Kier molecular flexibility index (Phi) is 3.79. The first kappa shape index (κ1) is 15.5. The highest BCUT2D eigenvalue weighted by Gasteiger charge is 2.10. The summed E-state index contributed by atoms with van der Waals surface area (Å²) in [4.78, 5) is 4.66. The fraction of sp³-hybridized carbons (Fsp3) is 0. The van der Waals surface area contributed by atoms with E-state index in [2.05, 4.69) is 4.98 Å². The maximum atomic E-state index is 10.1. The Morgan fingerprint density at radius 3 is 2.24 bits per heavy atom. The molecule has 3 aromatic carbocycles. The number of halogens is 1. The zero-order valence-corrected chi connectivity index (χ0v) is 13.9. The van der Waals surface area contributed by atoms with Crippen LogP contribution >= 0.6 is 11.6 Å². The fourth-order valence-electron chi connectivity index (χ4n) is 2.85. The van der Waals surface area contributed by atoms with Gasteiger partial charge in [0, 0.05) is 16.5 Å². The SMILES string of the molecule is Oc1ccc(-c2cc(Cl)c3cc(-c4ccccc4O)ccc3n2)cc1. The van der Waals surface area contributed by atoms with Gasteiger partial charge in [-0.3, -0.25) is 0 Å². The van der Waals surface area contributed by atoms with E-state index in [1.54, 1.807) is 36.4 Å². The second-order valence-corrected chi connectivity index (χ2v) is 6.19. The van der Waals surface area contributed by atoms with Crippen LogP contribution in [0.15, 0.2) is 72.8 Å². The van der Waals surface area contributed by atoms with Crippen LogP contribution in [0, 0.1) is 0 Å². The summed E-state index contributed by atoms with van der Waals surface area (Å²) in [5.41, 5.74) is 4.03. The number of phenolic OH excluding ortho intramolecular Hbond substituents is 2. The molecule has 2 N–H and O–H groups in total. The standard InChI is InChI=1S/C21H14ClNO2/c22-18-12-20(13-5-8-15(24)9-6-13)23-19-10-7-14(11-17(18)19)16-3-1-2-4-21(16)25/h1-12,24-25H. The van der Waals surface area contributed by atoms with Crippen LogP contribution in [0.3, 0.4) is 0 Å². The average molecular weight is 348 g/mol. The Bertz CT molecular complexity index is 1070. The zero-order chi connectivity index (χ0) is 17.4. The van der Waals surface area contributed by atoms with E-state index in [0.29, 0.717) is 5.02 Å². The number of aromatic nitrogens is 1. The number of pyridine rings is 1. The molecule has 0 amide bonds. The largest absolute Gasteiger partial charge is 0.508 e. The van der Waals surface area contributed by atoms with Crippen LogP contribution in [0.25, 0.3) is 33.3 Å². The zero-order valence-electron chi connectivity index (χ0n) is 13.1. The van der Waals surface area contributed by atoms with Crippen molar-refractivity contribution in [2.45, 2.75) is 0 Å². The highest BCUT2D eigenvalue weighted by Crippen LogP contribution is 2.34. The minimum Gasteiger partial charge on any atom is -0.508 e. The Balaban J connectivity index is 1.85. The second kappa shape index (κ2) is 6.11. The first-order chi connectivity index (χ1) is 12.1. The van der Waals surface area contributed by atoms with Gasteiger partial charge in [0.2, 0.25) is 0 Å². The van der Waals surface area contributed by atoms with Gasteiger partial charge in [-0.1, -0.05) is 35.9 Å². The molecule has 4 heteroatoms. The lowest BCUT2D eigenvalue weighted by atomic mass is 10.0. The second-order valence-electron chi connectivity index (χ2n) is 5.79. The topological polar surface area (TPSA) is 53.4 Å². The third-order valence-corrected chi connectivity index (χ3v) is 4.45. The lowest BCUT2D eigenvalue weighted by Gasteiger charge is -2.09. The molecule has 1 heterocycles. The predicted octanol–water partition coefficient (Wildman–Crippen LogP) is 5.63. The smallest absolute Gasteiger partial charge is 0.123 e. The van der Waals surface area contributed by atoms with Crippen LogP contribution in [0.5, 0.6) is 11.5 Å². The fourth-order valence-corrected chi connectivity index (χ4v) is 3.10. The molecule has 1 aromatic heterocycles. The van der Waals surface area contributed by atoms with Crippen LogP contribution in [-0.2, 0) is 0 Å². The quantitative estimate of drug-likeness (QED) is 0.494. The molecule has 4 aromatic rings. The molecule has 0 aliphatic carbocycles. The number of nitrogens with zero attached hydrogens (tertiary/aromatic N) is 1. The van der Waals surface area contributed by atoms with Gasteiger partial charge < -0.3 is 10.2 Å². The van der Waals surface area contributed by atoms with E-state index < -0.39 is 0 Å². The number of hydrogen-bond acceptors (Lipinski definition) is 3. The molecular formula is C21H14ClNO2. The van der Waals surface area contributed by atoms with Gasteiger partial charge in [0.05, 0.1) is 16.2 Å². The number of para-hydroxylation sites is 1. The summed E-state index contributed by atoms with van der Waals surface area (Å²) in [6, 6.07) is 21.6. The molecule has 0 saturated carbocycles. The highest BCUT2D eigenvalue weighted by molar-refractivity contribution is 6.35. The molecule has 0 radical (unpaired) electrons. The molecule has 25 heavy (non-hydrogen) atoms.